The quantitative estimate of drug-likeness (QED) is 0.640. The number of nitrogens with two attached hydrogens (primary N) is 1. The minimum absolute atomic E-state index is 0.0414. The first-order valence-electron chi connectivity index (χ1n) is 6.96. The van der Waals surface area contributed by atoms with Crippen LogP contribution in [-0.2, 0) is 4.79 Å². The van der Waals surface area contributed by atoms with E-state index >= 15 is 0 Å². The summed E-state index contributed by atoms with van der Waals surface area (Å²) >= 11 is 3.30. The second-order valence-electron chi connectivity index (χ2n) is 5.36. The smallest absolute Gasteiger partial charge is 0.271 e. The van der Waals surface area contributed by atoms with E-state index in [4.69, 9.17) is 5.73 Å². The molecule has 0 spiro atoms. The van der Waals surface area contributed by atoms with Crippen molar-refractivity contribution in [1.82, 2.24) is 0 Å². The molecule has 0 heterocycles. The average molecular weight is 356 g/mol. The zero-order chi connectivity index (χ0) is 15.4. The summed E-state index contributed by atoms with van der Waals surface area (Å²) in [5.74, 6) is 0.393. The molecule has 0 aromatic heterocycles. The van der Waals surface area contributed by atoms with Gasteiger partial charge in [-0.05, 0) is 60.1 Å². The normalized spacial score (nSPS) is 21.8. The third kappa shape index (κ3) is 4.01. The van der Waals surface area contributed by atoms with Crippen LogP contribution in [0.2, 0.25) is 0 Å². The first-order chi connectivity index (χ1) is 10.0. The van der Waals surface area contributed by atoms with Gasteiger partial charge in [0.25, 0.3) is 5.69 Å². The van der Waals surface area contributed by atoms with E-state index in [-0.39, 0.29) is 17.5 Å². The first-order valence-corrected chi connectivity index (χ1v) is 7.75. The summed E-state index contributed by atoms with van der Waals surface area (Å²) < 4.78 is 0.636. The lowest BCUT2D eigenvalue weighted by Crippen LogP contribution is -2.29. The molecule has 0 atom stereocenters. The number of anilines is 1. The van der Waals surface area contributed by atoms with Gasteiger partial charge in [0.15, 0.2) is 0 Å². The molecule has 21 heavy (non-hydrogen) atoms. The van der Waals surface area contributed by atoms with Crippen molar-refractivity contribution in [2.24, 2.45) is 17.6 Å². The molecule has 1 aliphatic carbocycles. The molecule has 0 aliphatic heterocycles. The molecule has 0 bridgehead atoms. The Labute approximate surface area is 131 Å². The Kier molecular flexibility index (Phi) is 5.30. The van der Waals surface area contributed by atoms with E-state index in [1.54, 1.807) is 6.07 Å². The number of nitrogens with zero attached hydrogens (tertiary/aromatic N) is 1. The molecule has 0 radical (unpaired) electrons. The van der Waals surface area contributed by atoms with E-state index in [1.165, 1.54) is 12.1 Å². The van der Waals surface area contributed by atoms with Crippen LogP contribution in [0.15, 0.2) is 22.7 Å². The highest BCUT2D eigenvalue weighted by Crippen LogP contribution is 2.31. The maximum Gasteiger partial charge on any atom is 0.271 e. The van der Waals surface area contributed by atoms with Crippen LogP contribution in [-0.4, -0.2) is 17.4 Å². The van der Waals surface area contributed by atoms with Gasteiger partial charge in [-0.25, -0.2) is 0 Å². The molecule has 1 aromatic rings. The molecule has 0 saturated heterocycles. The standard InChI is InChI=1S/C14H18BrN3O3/c15-12-6-5-11(18(20)21)7-13(12)17-14(19)10-3-1-9(8-16)2-4-10/h5-7,9-10H,1-4,8,16H2,(H,17,19). The molecule has 7 heteroatoms. The number of nitrogens with one attached hydrogen (secondary N) is 1. The maximum absolute atomic E-state index is 12.3. The van der Waals surface area contributed by atoms with E-state index in [0.717, 1.165) is 25.7 Å². The van der Waals surface area contributed by atoms with Crippen molar-refractivity contribution >= 4 is 33.2 Å². The van der Waals surface area contributed by atoms with Crippen LogP contribution in [0.25, 0.3) is 0 Å². The van der Waals surface area contributed by atoms with Gasteiger partial charge in [-0.15, -0.1) is 0 Å². The van der Waals surface area contributed by atoms with Crippen molar-refractivity contribution in [2.75, 3.05) is 11.9 Å². The number of rotatable bonds is 4. The number of halogens is 1. The number of carbonyl (C=O) groups excluding carboxylic acids is 1. The molecule has 1 amide bonds. The van der Waals surface area contributed by atoms with Gasteiger partial charge in [0.05, 0.1) is 10.6 Å². The number of non-ortho nitro benzene ring substituents is 1. The SMILES string of the molecule is NCC1CCC(C(=O)Nc2cc([N+](=O)[O-])ccc2Br)CC1. The topological polar surface area (TPSA) is 98.3 Å². The highest BCUT2D eigenvalue weighted by Gasteiger charge is 2.26. The minimum Gasteiger partial charge on any atom is -0.330 e. The van der Waals surface area contributed by atoms with Gasteiger partial charge < -0.3 is 11.1 Å². The fourth-order valence-electron chi connectivity index (χ4n) is 2.62. The highest BCUT2D eigenvalue weighted by molar-refractivity contribution is 9.10. The largest absolute Gasteiger partial charge is 0.330 e. The van der Waals surface area contributed by atoms with Crippen LogP contribution in [0.1, 0.15) is 25.7 Å². The molecule has 0 unspecified atom stereocenters. The molecule has 1 aliphatic rings. The Hall–Kier alpha value is -1.47. The predicted molar refractivity (Wildman–Crippen MR) is 83.9 cm³/mol. The monoisotopic (exact) mass is 355 g/mol. The second kappa shape index (κ2) is 7.00. The Balaban J connectivity index is 2.03. The zero-order valence-corrected chi connectivity index (χ0v) is 13.1. The van der Waals surface area contributed by atoms with E-state index in [1.807, 2.05) is 0 Å². The molecular formula is C14H18BrN3O3. The van der Waals surface area contributed by atoms with Crippen molar-refractivity contribution < 1.29 is 9.72 Å². The fourth-order valence-corrected chi connectivity index (χ4v) is 2.96. The summed E-state index contributed by atoms with van der Waals surface area (Å²) in [7, 11) is 0. The number of amides is 1. The lowest BCUT2D eigenvalue weighted by Gasteiger charge is -2.26. The Morgan fingerprint density at radius 3 is 2.62 bits per heavy atom. The molecule has 6 nitrogen and oxygen atoms in total. The number of hydrogen-bond acceptors (Lipinski definition) is 4. The summed E-state index contributed by atoms with van der Waals surface area (Å²) in [4.78, 5) is 22.6. The number of nitro benzene ring substituents is 1. The van der Waals surface area contributed by atoms with E-state index < -0.39 is 4.92 Å². The van der Waals surface area contributed by atoms with Gasteiger partial charge in [-0.3, -0.25) is 14.9 Å². The number of carbonyl (C=O) groups is 1. The fraction of sp³-hybridized carbons (Fsp3) is 0.500. The lowest BCUT2D eigenvalue weighted by atomic mass is 9.81. The Bertz CT molecular complexity index is 542. The zero-order valence-electron chi connectivity index (χ0n) is 11.5. The molecule has 114 valence electrons. The highest BCUT2D eigenvalue weighted by atomic mass is 79.9. The third-order valence-corrected chi connectivity index (χ3v) is 4.66. The van der Waals surface area contributed by atoms with Gasteiger partial charge in [-0.2, -0.15) is 0 Å². The van der Waals surface area contributed by atoms with Crippen LogP contribution in [0.5, 0.6) is 0 Å². The van der Waals surface area contributed by atoms with Gasteiger partial charge in [-0.1, -0.05) is 0 Å². The summed E-state index contributed by atoms with van der Waals surface area (Å²) in [5, 5.41) is 13.6. The van der Waals surface area contributed by atoms with Crippen molar-refractivity contribution in [3.63, 3.8) is 0 Å². The molecular weight excluding hydrogens is 338 g/mol. The minimum atomic E-state index is -0.478. The summed E-state index contributed by atoms with van der Waals surface area (Å²) in [5.41, 5.74) is 6.04. The van der Waals surface area contributed by atoms with Crippen molar-refractivity contribution in [2.45, 2.75) is 25.7 Å². The number of nitro groups is 1. The van der Waals surface area contributed by atoms with Crippen LogP contribution in [0, 0.1) is 22.0 Å². The van der Waals surface area contributed by atoms with Crippen LogP contribution < -0.4 is 11.1 Å². The molecule has 1 saturated carbocycles. The molecule has 1 aromatic carbocycles. The molecule has 2 rings (SSSR count). The summed E-state index contributed by atoms with van der Waals surface area (Å²) in [6, 6.07) is 4.33. The van der Waals surface area contributed by atoms with Crippen LogP contribution in [0.4, 0.5) is 11.4 Å². The van der Waals surface area contributed by atoms with E-state index in [9.17, 15) is 14.9 Å². The summed E-state index contributed by atoms with van der Waals surface area (Å²) in [6.45, 7) is 0.671. The summed E-state index contributed by atoms with van der Waals surface area (Å²) in [6.07, 6.45) is 3.57. The second-order valence-corrected chi connectivity index (χ2v) is 6.22. The van der Waals surface area contributed by atoms with Crippen LogP contribution in [0.3, 0.4) is 0 Å². The van der Waals surface area contributed by atoms with Gasteiger partial charge in [0, 0.05) is 22.5 Å². The van der Waals surface area contributed by atoms with Crippen molar-refractivity contribution in [3.05, 3.63) is 32.8 Å². The lowest BCUT2D eigenvalue weighted by molar-refractivity contribution is -0.384. The first kappa shape index (κ1) is 15.9. The Morgan fingerprint density at radius 1 is 1.38 bits per heavy atom. The third-order valence-electron chi connectivity index (χ3n) is 3.97. The van der Waals surface area contributed by atoms with Crippen molar-refractivity contribution in [3.8, 4) is 0 Å². The average Bonchev–Trinajstić information content (AvgIpc) is 2.49. The van der Waals surface area contributed by atoms with Gasteiger partial charge in [0.2, 0.25) is 5.91 Å². The van der Waals surface area contributed by atoms with Crippen LogP contribution >= 0.6 is 15.9 Å². The number of hydrogen-bond donors (Lipinski definition) is 2. The number of benzene rings is 1. The van der Waals surface area contributed by atoms with Gasteiger partial charge >= 0.3 is 0 Å². The maximum atomic E-state index is 12.3. The van der Waals surface area contributed by atoms with E-state index in [2.05, 4.69) is 21.2 Å². The van der Waals surface area contributed by atoms with E-state index in [0.29, 0.717) is 22.6 Å². The Morgan fingerprint density at radius 2 is 2.05 bits per heavy atom. The molecule has 1 fully saturated rings. The van der Waals surface area contributed by atoms with Crippen molar-refractivity contribution in [1.29, 1.82) is 0 Å². The van der Waals surface area contributed by atoms with Gasteiger partial charge in [0.1, 0.15) is 0 Å². The predicted octanol–water partition coefficient (Wildman–Crippen LogP) is 3.06. The molecule has 3 N–H and O–H groups in total.